The molecule has 0 radical (unpaired) electrons. The van der Waals surface area contributed by atoms with Gasteiger partial charge in [0.15, 0.2) is 5.58 Å². The van der Waals surface area contributed by atoms with E-state index < -0.39 is 0 Å². The maximum absolute atomic E-state index is 12.9. The smallest absolute Gasteiger partial charge is 0.265 e. The van der Waals surface area contributed by atoms with Crippen molar-refractivity contribution in [2.75, 3.05) is 40.8 Å². The monoisotopic (exact) mass is 450 g/mol. The second kappa shape index (κ2) is 9.50. The Morgan fingerprint density at radius 1 is 1.09 bits per heavy atom. The quantitative estimate of drug-likeness (QED) is 0.389. The van der Waals surface area contributed by atoms with Gasteiger partial charge < -0.3 is 19.1 Å². The van der Waals surface area contributed by atoms with Crippen LogP contribution in [0.4, 0.5) is 0 Å². The summed E-state index contributed by atoms with van der Waals surface area (Å²) in [5.41, 5.74) is 3.42. The Labute approximate surface area is 191 Å². The molecule has 4 aromatic rings. The maximum atomic E-state index is 12.9. The zero-order valence-corrected chi connectivity index (χ0v) is 19.5. The zero-order valence-electron chi connectivity index (χ0n) is 18.7. The number of likely N-dealkylation sites (N-methyl/N-ethyl adjacent to an activating group) is 2. The molecule has 2 aromatic carbocycles. The number of aromatic nitrogens is 2. The number of hydrogen-bond donors (Lipinski definition) is 0. The van der Waals surface area contributed by atoms with E-state index in [0.717, 1.165) is 28.8 Å². The second-order valence-corrected chi connectivity index (χ2v) is 8.72. The molecular formula is C24H26N4O3S. The molecule has 0 aliphatic heterocycles. The van der Waals surface area contributed by atoms with Crippen molar-refractivity contribution in [1.82, 2.24) is 19.9 Å². The number of ether oxygens (including phenoxy) is 1. The fraction of sp³-hybridized carbons (Fsp3) is 0.292. The SMILES string of the molecule is CCN(CCN(C)C)C(=O)c1cnc(-c2noc3cc(-c4ccc(OC)cc4)ccc23)s1. The summed E-state index contributed by atoms with van der Waals surface area (Å²) in [6.45, 7) is 4.13. The summed E-state index contributed by atoms with van der Waals surface area (Å²) in [4.78, 5) is 21.9. The summed E-state index contributed by atoms with van der Waals surface area (Å²) in [6.07, 6.45) is 1.63. The lowest BCUT2D eigenvalue weighted by Gasteiger charge is -2.21. The molecule has 8 heteroatoms. The molecule has 2 heterocycles. The highest BCUT2D eigenvalue weighted by Gasteiger charge is 2.20. The highest BCUT2D eigenvalue weighted by Crippen LogP contribution is 2.34. The van der Waals surface area contributed by atoms with Gasteiger partial charge >= 0.3 is 0 Å². The lowest BCUT2D eigenvalue weighted by atomic mass is 10.0. The van der Waals surface area contributed by atoms with Crippen molar-refractivity contribution in [3.05, 3.63) is 53.5 Å². The van der Waals surface area contributed by atoms with E-state index in [1.165, 1.54) is 11.3 Å². The molecule has 0 atom stereocenters. The minimum atomic E-state index is -0.00677. The number of carbonyl (C=O) groups is 1. The van der Waals surface area contributed by atoms with Crippen molar-refractivity contribution in [3.63, 3.8) is 0 Å². The first-order valence-corrected chi connectivity index (χ1v) is 11.3. The lowest BCUT2D eigenvalue weighted by molar-refractivity contribution is 0.0759. The minimum absolute atomic E-state index is 0.00677. The predicted octanol–water partition coefficient (Wildman–Crippen LogP) is 4.65. The first-order valence-electron chi connectivity index (χ1n) is 10.4. The first kappa shape index (κ1) is 22.0. The first-order chi connectivity index (χ1) is 15.5. The number of rotatable bonds is 8. The fourth-order valence-electron chi connectivity index (χ4n) is 3.42. The number of benzene rings is 2. The van der Waals surface area contributed by atoms with Crippen LogP contribution in [0, 0.1) is 0 Å². The summed E-state index contributed by atoms with van der Waals surface area (Å²) in [5, 5.41) is 5.79. The van der Waals surface area contributed by atoms with Crippen LogP contribution < -0.4 is 4.74 Å². The van der Waals surface area contributed by atoms with E-state index in [1.807, 2.05) is 68.4 Å². The summed E-state index contributed by atoms with van der Waals surface area (Å²) in [6, 6.07) is 13.9. The molecular weight excluding hydrogens is 424 g/mol. The van der Waals surface area contributed by atoms with E-state index in [9.17, 15) is 4.79 Å². The molecule has 0 N–H and O–H groups in total. The molecule has 0 aliphatic rings. The zero-order chi connectivity index (χ0) is 22.7. The molecule has 0 saturated carbocycles. The van der Waals surface area contributed by atoms with Crippen LogP contribution in [-0.4, -0.2) is 66.7 Å². The Balaban J connectivity index is 1.58. The predicted molar refractivity (Wildman–Crippen MR) is 127 cm³/mol. The van der Waals surface area contributed by atoms with Crippen LogP contribution in [0.1, 0.15) is 16.6 Å². The summed E-state index contributed by atoms with van der Waals surface area (Å²) >= 11 is 1.34. The number of methoxy groups -OCH3 is 1. The van der Waals surface area contributed by atoms with Crippen molar-refractivity contribution >= 4 is 28.2 Å². The minimum Gasteiger partial charge on any atom is -0.497 e. The van der Waals surface area contributed by atoms with Gasteiger partial charge in [-0.25, -0.2) is 4.98 Å². The average molecular weight is 451 g/mol. The molecule has 32 heavy (non-hydrogen) atoms. The van der Waals surface area contributed by atoms with Crippen molar-refractivity contribution in [2.24, 2.45) is 0 Å². The highest BCUT2D eigenvalue weighted by molar-refractivity contribution is 7.17. The van der Waals surface area contributed by atoms with Crippen LogP contribution in [0.2, 0.25) is 0 Å². The number of nitrogens with zero attached hydrogens (tertiary/aromatic N) is 4. The van der Waals surface area contributed by atoms with Crippen LogP contribution in [-0.2, 0) is 0 Å². The third kappa shape index (κ3) is 4.51. The van der Waals surface area contributed by atoms with Gasteiger partial charge in [0.1, 0.15) is 21.3 Å². The van der Waals surface area contributed by atoms with E-state index in [2.05, 4.69) is 15.0 Å². The molecule has 4 rings (SSSR count). The third-order valence-corrected chi connectivity index (χ3v) is 6.29. The van der Waals surface area contributed by atoms with Crippen LogP contribution in [0.25, 0.3) is 32.8 Å². The van der Waals surface area contributed by atoms with Gasteiger partial charge in [-0.3, -0.25) is 4.79 Å². The number of amides is 1. The second-order valence-electron chi connectivity index (χ2n) is 7.69. The third-order valence-electron chi connectivity index (χ3n) is 5.30. The molecule has 0 unspecified atom stereocenters. The van der Waals surface area contributed by atoms with E-state index >= 15 is 0 Å². The van der Waals surface area contributed by atoms with Crippen LogP contribution in [0.5, 0.6) is 5.75 Å². The van der Waals surface area contributed by atoms with Crippen LogP contribution >= 0.6 is 11.3 Å². The Morgan fingerprint density at radius 2 is 1.84 bits per heavy atom. The Kier molecular flexibility index (Phi) is 6.53. The van der Waals surface area contributed by atoms with Gasteiger partial charge in [-0.2, -0.15) is 0 Å². The lowest BCUT2D eigenvalue weighted by Crippen LogP contribution is -2.36. The Bertz CT molecular complexity index is 1210. The van der Waals surface area contributed by atoms with Crippen LogP contribution in [0.15, 0.2) is 53.2 Å². The molecule has 0 bridgehead atoms. The molecule has 0 fully saturated rings. The molecule has 0 spiro atoms. The highest BCUT2D eigenvalue weighted by atomic mass is 32.1. The average Bonchev–Trinajstić information content (AvgIpc) is 3.46. The fourth-order valence-corrected chi connectivity index (χ4v) is 4.30. The number of fused-ring (bicyclic) bond motifs is 1. The van der Waals surface area contributed by atoms with Crippen molar-refractivity contribution in [2.45, 2.75) is 6.92 Å². The Hall–Kier alpha value is -3.23. The van der Waals surface area contributed by atoms with Crippen molar-refractivity contribution < 1.29 is 14.1 Å². The number of hydrogen-bond acceptors (Lipinski definition) is 7. The summed E-state index contributed by atoms with van der Waals surface area (Å²) < 4.78 is 10.8. The Morgan fingerprint density at radius 3 is 2.53 bits per heavy atom. The van der Waals surface area contributed by atoms with Crippen molar-refractivity contribution in [1.29, 1.82) is 0 Å². The van der Waals surface area contributed by atoms with Gasteiger partial charge in [0.05, 0.1) is 18.7 Å². The molecule has 166 valence electrons. The van der Waals surface area contributed by atoms with E-state index in [1.54, 1.807) is 13.3 Å². The van der Waals surface area contributed by atoms with Gasteiger partial charge in [-0.05, 0) is 56.4 Å². The standard InChI is InChI=1S/C24H26N4O3S/c1-5-28(13-12-27(2)3)24(29)21-15-25-23(32-21)22-19-11-8-17(14-20(19)31-26-22)16-6-9-18(30-4)10-7-16/h6-11,14-15H,5,12-13H2,1-4H3. The van der Waals surface area contributed by atoms with E-state index in [0.29, 0.717) is 34.3 Å². The van der Waals surface area contributed by atoms with E-state index in [4.69, 9.17) is 9.26 Å². The van der Waals surface area contributed by atoms with Gasteiger partial charge in [-0.1, -0.05) is 23.4 Å². The summed E-state index contributed by atoms with van der Waals surface area (Å²) in [5.74, 6) is 0.807. The van der Waals surface area contributed by atoms with Gasteiger partial charge in [0.2, 0.25) is 0 Å². The van der Waals surface area contributed by atoms with Crippen molar-refractivity contribution in [3.8, 4) is 27.6 Å². The molecule has 2 aromatic heterocycles. The summed E-state index contributed by atoms with van der Waals surface area (Å²) in [7, 11) is 5.65. The molecule has 7 nitrogen and oxygen atoms in total. The van der Waals surface area contributed by atoms with Gasteiger partial charge in [0, 0.05) is 19.6 Å². The normalized spacial score (nSPS) is 11.3. The topological polar surface area (TPSA) is 71.7 Å². The number of carbonyl (C=O) groups excluding carboxylic acids is 1. The number of thiazole rings is 1. The van der Waals surface area contributed by atoms with E-state index in [-0.39, 0.29) is 5.91 Å². The molecule has 0 saturated heterocycles. The molecule has 1 amide bonds. The maximum Gasteiger partial charge on any atom is 0.265 e. The largest absolute Gasteiger partial charge is 0.497 e. The van der Waals surface area contributed by atoms with Crippen LogP contribution in [0.3, 0.4) is 0 Å². The molecule has 0 aliphatic carbocycles. The van der Waals surface area contributed by atoms with Gasteiger partial charge in [0.25, 0.3) is 5.91 Å². The van der Waals surface area contributed by atoms with Gasteiger partial charge in [-0.15, -0.1) is 11.3 Å².